The molecule has 1 atom stereocenters. The van der Waals surface area contributed by atoms with Gasteiger partial charge >= 0.3 is 5.97 Å². The fraction of sp³-hybridized carbons (Fsp3) is 0.909. The van der Waals surface area contributed by atoms with Crippen molar-refractivity contribution in [3.8, 4) is 0 Å². The molecule has 0 saturated carbocycles. The summed E-state index contributed by atoms with van der Waals surface area (Å²) in [5, 5.41) is 11.8. The Morgan fingerprint density at radius 3 is 2.60 bits per heavy atom. The van der Waals surface area contributed by atoms with Crippen LogP contribution in [0.5, 0.6) is 0 Å². The summed E-state index contributed by atoms with van der Waals surface area (Å²) in [7, 11) is 0. The summed E-state index contributed by atoms with van der Waals surface area (Å²) in [4.78, 5) is 10.5. The van der Waals surface area contributed by atoms with Crippen LogP contribution in [0.3, 0.4) is 0 Å². The monoisotopic (exact) mass is 233 g/mol. The third-order valence-electron chi connectivity index (χ3n) is 2.32. The Balaban J connectivity index is 3.08. The van der Waals surface area contributed by atoms with Crippen molar-refractivity contribution < 1.29 is 9.90 Å². The molecule has 0 rings (SSSR count). The van der Waals surface area contributed by atoms with Gasteiger partial charge in [-0.25, -0.2) is 0 Å². The fourth-order valence-electron chi connectivity index (χ4n) is 1.26. The summed E-state index contributed by atoms with van der Waals surface area (Å²) in [6.07, 6.45) is 7.12. The number of thioether (sulfide) groups is 1. The molecule has 4 heteroatoms. The SMILES string of the molecule is CSCCCCCCNCC(C)C(=O)O. The van der Waals surface area contributed by atoms with Gasteiger partial charge in [0.15, 0.2) is 0 Å². The van der Waals surface area contributed by atoms with E-state index in [1.165, 1.54) is 25.0 Å². The van der Waals surface area contributed by atoms with Crippen molar-refractivity contribution in [2.45, 2.75) is 32.6 Å². The highest BCUT2D eigenvalue weighted by atomic mass is 32.2. The maximum atomic E-state index is 10.5. The molecule has 0 fully saturated rings. The number of hydrogen-bond donors (Lipinski definition) is 2. The van der Waals surface area contributed by atoms with Crippen molar-refractivity contribution in [1.29, 1.82) is 0 Å². The van der Waals surface area contributed by atoms with E-state index in [2.05, 4.69) is 11.6 Å². The molecule has 0 aliphatic rings. The summed E-state index contributed by atoms with van der Waals surface area (Å²) < 4.78 is 0. The molecule has 0 amide bonds. The van der Waals surface area contributed by atoms with Crippen LogP contribution in [0.1, 0.15) is 32.6 Å². The van der Waals surface area contributed by atoms with Gasteiger partial charge in [-0.05, 0) is 31.4 Å². The van der Waals surface area contributed by atoms with Gasteiger partial charge in [-0.3, -0.25) is 4.79 Å². The molecule has 3 nitrogen and oxygen atoms in total. The Bertz CT molecular complexity index is 165. The molecular weight excluding hydrogens is 210 g/mol. The highest BCUT2D eigenvalue weighted by Crippen LogP contribution is 2.03. The zero-order valence-corrected chi connectivity index (χ0v) is 10.6. The first-order valence-electron chi connectivity index (χ1n) is 5.61. The van der Waals surface area contributed by atoms with Crippen LogP contribution in [0.15, 0.2) is 0 Å². The van der Waals surface area contributed by atoms with Gasteiger partial charge in [0.05, 0.1) is 5.92 Å². The molecule has 0 aliphatic heterocycles. The van der Waals surface area contributed by atoms with Crippen molar-refractivity contribution in [3.63, 3.8) is 0 Å². The average Bonchev–Trinajstić information content (AvgIpc) is 2.21. The molecule has 0 aromatic carbocycles. The Morgan fingerprint density at radius 2 is 2.00 bits per heavy atom. The van der Waals surface area contributed by atoms with Gasteiger partial charge in [0.2, 0.25) is 0 Å². The maximum Gasteiger partial charge on any atom is 0.307 e. The lowest BCUT2D eigenvalue weighted by Gasteiger charge is -2.07. The molecule has 0 aliphatic carbocycles. The second-order valence-electron chi connectivity index (χ2n) is 3.85. The third kappa shape index (κ3) is 10.1. The molecule has 0 saturated heterocycles. The van der Waals surface area contributed by atoms with Crippen molar-refractivity contribution in [2.75, 3.05) is 25.1 Å². The van der Waals surface area contributed by atoms with Gasteiger partial charge in [0.25, 0.3) is 0 Å². The lowest BCUT2D eigenvalue weighted by Crippen LogP contribution is -2.26. The summed E-state index contributed by atoms with van der Waals surface area (Å²) >= 11 is 1.90. The minimum Gasteiger partial charge on any atom is -0.481 e. The topological polar surface area (TPSA) is 49.3 Å². The van der Waals surface area contributed by atoms with Crippen LogP contribution in [-0.4, -0.2) is 36.2 Å². The van der Waals surface area contributed by atoms with Crippen molar-refractivity contribution in [1.82, 2.24) is 5.32 Å². The predicted molar refractivity (Wildman–Crippen MR) is 66.5 cm³/mol. The Morgan fingerprint density at radius 1 is 1.33 bits per heavy atom. The molecule has 0 radical (unpaired) electrons. The smallest absolute Gasteiger partial charge is 0.307 e. The largest absolute Gasteiger partial charge is 0.481 e. The summed E-state index contributed by atoms with van der Waals surface area (Å²) in [5.74, 6) is 0.257. The van der Waals surface area contributed by atoms with Gasteiger partial charge in [-0.15, -0.1) is 0 Å². The van der Waals surface area contributed by atoms with E-state index in [-0.39, 0.29) is 5.92 Å². The van der Waals surface area contributed by atoms with Crippen LogP contribution < -0.4 is 5.32 Å². The summed E-state index contributed by atoms with van der Waals surface area (Å²) in [5.41, 5.74) is 0. The number of rotatable bonds is 10. The van der Waals surface area contributed by atoms with E-state index in [9.17, 15) is 4.79 Å². The van der Waals surface area contributed by atoms with Gasteiger partial charge in [0, 0.05) is 6.54 Å². The highest BCUT2D eigenvalue weighted by molar-refractivity contribution is 7.98. The molecule has 0 bridgehead atoms. The molecule has 90 valence electrons. The Labute approximate surface area is 97.0 Å². The maximum absolute atomic E-state index is 10.5. The summed E-state index contributed by atoms with van der Waals surface area (Å²) in [6, 6.07) is 0. The number of nitrogens with one attached hydrogen (secondary N) is 1. The van der Waals surface area contributed by atoms with E-state index in [4.69, 9.17) is 5.11 Å². The minimum absolute atomic E-state index is 0.276. The second-order valence-corrected chi connectivity index (χ2v) is 4.84. The third-order valence-corrected chi connectivity index (χ3v) is 3.02. The van der Waals surface area contributed by atoms with Crippen LogP contribution in [0.4, 0.5) is 0 Å². The van der Waals surface area contributed by atoms with Gasteiger partial charge in [-0.2, -0.15) is 11.8 Å². The molecule has 0 heterocycles. The van der Waals surface area contributed by atoms with Crippen LogP contribution in [0.2, 0.25) is 0 Å². The lowest BCUT2D eigenvalue weighted by molar-refractivity contribution is -0.140. The quantitative estimate of drug-likeness (QED) is 0.568. The first-order chi connectivity index (χ1) is 7.18. The van der Waals surface area contributed by atoms with Gasteiger partial charge in [0.1, 0.15) is 0 Å². The van der Waals surface area contributed by atoms with Gasteiger partial charge < -0.3 is 10.4 Å². The number of carboxylic acid groups (broad SMARTS) is 1. The van der Waals surface area contributed by atoms with Crippen molar-refractivity contribution in [2.24, 2.45) is 5.92 Å². The first-order valence-corrected chi connectivity index (χ1v) is 7.00. The second kappa shape index (κ2) is 10.3. The number of carboxylic acids is 1. The molecular formula is C11H23NO2S. The molecule has 1 unspecified atom stereocenters. The van der Waals surface area contributed by atoms with E-state index in [1.807, 2.05) is 11.8 Å². The Hall–Kier alpha value is -0.220. The molecule has 0 aromatic heterocycles. The van der Waals surface area contributed by atoms with E-state index >= 15 is 0 Å². The zero-order chi connectivity index (χ0) is 11.5. The molecule has 0 spiro atoms. The normalized spacial score (nSPS) is 12.7. The van der Waals surface area contributed by atoms with E-state index in [0.717, 1.165) is 13.0 Å². The number of aliphatic carboxylic acids is 1. The Kier molecular flexibility index (Phi) is 10.2. The number of unbranched alkanes of at least 4 members (excludes halogenated alkanes) is 3. The molecule has 0 aromatic rings. The van der Waals surface area contributed by atoms with Crippen molar-refractivity contribution in [3.05, 3.63) is 0 Å². The lowest BCUT2D eigenvalue weighted by atomic mass is 10.1. The minimum atomic E-state index is -0.720. The van der Waals surface area contributed by atoms with E-state index in [0.29, 0.717) is 6.54 Å². The summed E-state index contributed by atoms with van der Waals surface area (Å²) in [6.45, 7) is 3.25. The van der Waals surface area contributed by atoms with E-state index in [1.54, 1.807) is 6.92 Å². The number of carbonyl (C=O) groups is 1. The standard InChI is InChI=1S/C11H23NO2S/c1-10(11(13)14)9-12-7-5-3-4-6-8-15-2/h10,12H,3-9H2,1-2H3,(H,13,14). The zero-order valence-electron chi connectivity index (χ0n) is 9.79. The van der Waals surface area contributed by atoms with Crippen LogP contribution in [0, 0.1) is 5.92 Å². The van der Waals surface area contributed by atoms with E-state index < -0.39 is 5.97 Å². The van der Waals surface area contributed by atoms with Crippen LogP contribution in [-0.2, 0) is 4.79 Å². The molecule has 15 heavy (non-hydrogen) atoms. The first kappa shape index (κ1) is 14.8. The van der Waals surface area contributed by atoms with Gasteiger partial charge in [-0.1, -0.05) is 19.8 Å². The van der Waals surface area contributed by atoms with Crippen molar-refractivity contribution >= 4 is 17.7 Å². The average molecular weight is 233 g/mol. The fourth-order valence-corrected chi connectivity index (χ4v) is 1.75. The predicted octanol–water partition coefficient (Wildman–Crippen LogP) is 2.22. The number of hydrogen-bond acceptors (Lipinski definition) is 3. The van der Waals surface area contributed by atoms with Crippen LogP contribution >= 0.6 is 11.8 Å². The highest BCUT2D eigenvalue weighted by Gasteiger charge is 2.08. The van der Waals surface area contributed by atoms with Crippen LogP contribution in [0.25, 0.3) is 0 Å². The molecule has 2 N–H and O–H groups in total.